The number of carbonyl (C=O) groups is 1. The molecule has 8 heteroatoms. The maximum Gasteiger partial charge on any atom is 0.389 e. The first-order valence-corrected chi connectivity index (χ1v) is 8.26. The van der Waals surface area contributed by atoms with Crippen molar-refractivity contribution in [2.75, 3.05) is 6.54 Å². The van der Waals surface area contributed by atoms with Crippen LogP contribution in [0.5, 0.6) is 0 Å². The minimum absolute atomic E-state index is 0.166. The van der Waals surface area contributed by atoms with Gasteiger partial charge in [-0.05, 0) is 28.3 Å². The van der Waals surface area contributed by atoms with Crippen molar-refractivity contribution in [2.45, 2.75) is 24.6 Å². The Balaban J connectivity index is 2.05. The zero-order valence-electron chi connectivity index (χ0n) is 11.4. The van der Waals surface area contributed by atoms with E-state index in [9.17, 15) is 23.1 Å². The predicted octanol–water partition coefficient (Wildman–Crippen LogP) is 3.50. The molecule has 1 atom stereocenters. The quantitative estimate of drug-likeness (QED) is 0.839. The van der Waals surface area contributed by atoms with Crippen molar-refractivity contribution in [3.05, 3.63) is 44.8 Å². The normalized spacial score (nSPS) is 14.5. The van der Waals surface area contributed by atoms with Gasteiger partial charge < -0.3 is 10.4 Å². The Kier molecular flexibility index (Phi) is 5.25. The summed E-state index contributed by atoms with van der Waals surface area (Å²) >= 11 is 2.72. The van der Waals surface area contributed by atoms with Crippen LogP contribution in [0.2, 0.25) is 0 Å². The lowest BCUT2D eigenvalue weighted by Gasteiger charge is -2.27. The van der Waals surface area contributed by atoms with Gasteiger partial charge in [0.15, 0.2) is 0 Å². The van der Waals surface area contributed by atoms with E-state index in [-0.39, 0.29) is 6.54 Å². The van der Waals surface area contributed by atoms with E-state index in [0.29, 0.717) is 10.4 Å². The topological polar surface area (TPSA) is 49.3 Å². The van der Waals surface area contributed by atoms with Crippen LogP contribution >= 0.6 is 22.7 Å². The predicted molar refractivity (Wildman–Crippen MR) is 79.9 cm³/mol. The number of aliphatic hydroxyl groups is 1. The molecular weight excluding hydrogens is 335 g/mol. The molecule has 0 spiro atoms. The number of hydrogen-bond donors (Lipinski definition) is 2. The van der Waals surface area contributed by atoms with Crippen LogP contribution < -0.4 is 5.32 Å². The van der Waals surface area contributed by atoms with E-state index in [1.165, 1.54) is 22.7 Å². The third-order valence-corrected chi connectivity index (χ3v) is 4.81. The van der Waals surface area contributed by atoms with Crippen molar-refractivity contribution in [3.8, 4) is 0 Å². The largest absolute Gasteiger partial charge is 0.389 e. The van der Waals surface area contributed by atoms with Gasteiger partial charge in [0.05, 0.1) is 13.0 Å². The minimum Gasteiger partial charge on any atom is -0.378 e. The van der Waals surface area contributed by atoms with Crippen molar-refractivity contribution in [1.29, 1.82) is 0 Å². The van der Waals surface area contributed by atoms with Crippen molar-refractivity contribution in [1.82, 2.24) is 5.32 Å². The monoisotopic (exact) mass is 349 g/mol. The molecule has 0 saturated carbocycles. The Hall–Kier alpha value is -1.38. The highest BCUT2D eigenvalue weighted by Gasteiger charge is 2.34. The molecule has 1 amide bonds. The van der Waals surface area contributed by atoms with Crippen LogP contribution in [0, 0.1) is 0 Å². The molecule has 0 aromatic carbocycles. The number of rotatable bonds is 6. The van der Waals surface area contributed by atoms with Crippen LogP contribution in [-0.2, 0) is 10.4 Å². The second-order valence-electron chi connectivity index (χ2n) is 4.74. The smallest absolute Gasteiger partial charge is 0.378 e. The molecule has 0 fully saturated rings. The SMILES string of the molecule is O=C(CCC(F)(F)F)NCC(O)(c1ccsc1)c1cccs1. The Morgan fingerprint density at radius 2 is 2.05 bits per heavy atom. The van der Waals surface area contributed by atoms with Gasteiger partial charge in [-0.25, -0.2) is 0 Å². The fourth-order valence-corrected chi connectivity index (χ4v) is 3.49. The lowest BCUT2D eigenvalue weighted by Crippen LogP contribution is -2.41. The number of amides is 1. The summed E-state index contributed by atoms with van der Waals surface area (Å²) in [4.78, 5) is 12.2. The van der Waals surface area contributed by atoms with E-state index in [1.54, 1.807) is 34.3 Å². The lowest BCUT2D eigenvalue weighted by atomic mass is 9.94. The molecule has 0 aliphatic carbocycles. The average molecular weight is 349 g/mol. The number of halogens is 3. The summed E-state index contributed by atoms with van der Waals surface area (Å²) in [6.07, 6.45) is -6.18. The Labute approximate surface area is 133 Å². The van der Waals surface area contributed by atoms with Gasteiger partial charge in [0, 0.05) is 16.9 Å². The second kappa shape index (κ2) is 6.80. The van der Waals surface area contributed by atoms with Gasteiger partial charge in [-0.2, -0.15) is 24.5 Å². The Bertz CT molecular complexity index is 560. The third kappa shape index (κ3) is 4.31. The van der Waals surface area contributed by atoms with Gasteiger partial charge in [-0.3, -0.25) is 4.79 Å². The average Bonchev–Trinajstić information content (AvgIpc) is 3.13. The zero-order valence-corrected chi connectivity index (χ0v) is 13.0. The van der Waals surface area contributed by atoms with Crippen LogP contribution in [0.1, 0.15) is 23.3 Å². The second-order valence-corrected chi connectivity index (χ2v) is 6.47. The molecule has 0 bridgehead atoms. The molecule has 120 valence electrons. The number of hydrogen-bond acceptors (Lipinski definition) is 4. The molecule has 3 nitrogen and oxygen atoms in total. The van der Waals surface area contributed by atoms with Crippen LogP contribution in [-0.4, -0.2) is 23.7 Å². The first-order chi connectivity index (χ1) is 10.3. The first-order valence-electron chi connectivity index (χ1n) is 6.44. The Morgan fingerprint density at radius 1 is 1.27 bits per heavy atom. The van der Waals surface area contributed by atoms with E-state index in [2.05, 4.69) is 5.32 Å². The molecule has 2 aromatic rings. The minimum atomic E-state index is -4.37. The van der Waals surface area contributed by atoms with Gasteiger partial charge in [-0.1, -0.05) is 6.07 Å². The highest BCUT2D eigenvalue weighted by molar-refractivity contribution is 7.10. The maximum absolute atomic E-state index is 12.1. The molecule has 0 radical (unpaired) electrons. The van der Waals surface area contributed by atoms with Crippen molar-refractivity contribution < 1.29 is 23.1 Å². The summed E-state index contributed by atoms with van der Waals surface area (Å²) in [5.74, 6) is -0.734. The summed E-state index contributed by atoms with van der Waals surface area (Å²) < 4.78 is 36.3. The molecule has 22 heavy (non-hydrogen) atoms. The van der Waals surface area contributed by atoms with Crippen LogP contribution in [0.3, 0.4) is 0 Å². The fraction of sp³-hybridized carbons (Fsp3) is 0.357. The summed E-state index contributed by atoms with van der Waals surface area (Å²) in [7, 11) is 0. The standard InChI is InChI=1S/C14H14F3NO2S2/c15-14(16,17)5-3-12(19)18-9-13(20,10-4-7-21-8-10)11-2-1-6-22-11/h1-2,4,6-8,20H,3,5,9H2,(H,18,19). The molecule has 2 rings (SSSR count). The molecular formula is C14H14F3NO2S2. The summed E-state index contributed by atoms with van der Waals surface area (Å²) in [5, 5.41) is 18.6. The van der Waals surface area contributed by atoms with E-state index in [0.717, 1.165) is 0 Å². The number of thiophene rings is 2. The van der Waals surface area contributed by atoms with Crippen LogP contribution in [0.15, 0.2) is 34.3 Å². The highest BCUT2D eigenvalue weighted by Crippen LogP contribution is 2.33. The van der Waals surface area contributed by atoms with Crippen LogP contribution in [0.25, 0.3) is 0 Å². The van der Waals surface area contributed by atoms with Gasteiger partial charge >= 0.3 is 6.18 Å². The molecule has 0 aliphatic rings. The summed E-state index contributed by atoms with van der Waals surface area (Å²) in [6.45, 7) is -0.166. The molecule has 0 saturated heterocycles. The first kappa shape index (κ1) is 17.0. The van der Waals surface area contributed by atoms with Gasteiger partial charge in [0.1, 0.15) is 5.60 Å². The lowest BCUT2D eigenvalue weighted by molar-refractivity contribution is -0.144. The molecule has 0 aliphatic heterocycles. The van der Waals surface area contributed by atoms with Crippen molar-refractivity contribution in [3.63, 3.8) is 0 Å². The third-order valence-electron chi connectivity index (χ3n) is 3.10. The zero-order chi connectivity index (χ0) is 16.2. The Morgan fingerprint density at radius 3 is 2.59 bits per heavy atom. The molecule has 2 heterocycles. The molecule has 2 aromatic heterocycles. The van der Waals surface area contributed by atoms with E-state index in [4.69, 9.17) is 0 Å². The van der Waals surface area contributed by atoms with Crippen LogP contribution in [0.4, 0.5) is 13.2 Å². The fourth-order valence-electron chi connectivity index (χ4n) is 1.92. The van der Waals surface area contributed by atoms with Gasteiger partial charge in [0.25, 0.3) is 0 Å². The highest BCUT2D eigenvalue weighted by atomic mass is 32.1. The molecule has 2 N–H and O–H groups in total. The summed E-state index contributed by atoms with van der Waals surface area (Å²) in [6, 6.07) is 5.22. The molecule has 1 unspecified atom stereocenters. The van der Waals surface area contributed by atoms with Gasteiger partial charge in [-0.15, -0.1) is 11.3 Å². The number of carbonyl (C=O) groups excluding carboxylic acids is 1. The van der Waals surface area contributed by atoms with Gasteiger partial charge in [0.2, 0.25) is 5.91 Å². The van der Waals surface area contributed by atoms with Crippen molar-refractivity contribution in [2.24, 2.45) is 0 Å². The van der Waals surface area contributed by atoms with Crippen molar-refractivity contribution >= 4 is 28.6 Å². The number of nitrogens with one attached hydrogen (secondary N) is 1. The van der Waals surface area contributed by atoms with E-state index in [1.807, 2.05) is 0 Å². The van der Waals surface area contributed by atoms with E-state index < -0.39 is 30.5 Å². The van der Waals surface area contributed by atoms with E-state index >= 15 is 0 Å². The maximum atomic E-state index is 12.1. The summed E-state index contributed by atoms with van der Waals surface area (Å²) in [5.41, 5.74) is -0.821. The number of alkyl halides is 3.